The lowest BCUT2D eigenvalue weighted by Gasteiger charge is -2.36. The molecule has 4 amide bonds. The molecule has 1 spiro atoms. The van der Waals surface area contributed by atoms with Gasteiger partial charge in [-0.3, -0.25) is 9.59 Å². The van der Waals surface area contributed by atoms with Crippen LogP contribution in [0, 0.1) is 17.3 Å². The lowest BCUT2D eigenvalue weighted by Crippen LogP contribution is -2.51. The molecule has 64 heavy (non-hydrogen) atoms. The van der Waals surface area contributed by atoms with Gasteiger partial charge in [-0.1, -0.05) is 68.4 Å². The first-order chi connectivity index (χ1) is 30.8. The lowest BCUT2D eigenvalue weighted by molar-refractivity contribution is -0.138. The third kappa shape index (κ3) is 6.97. The predicted octanol–water partition coefficient (Wildman–Crippen LogP) is 8.17. The number of alkyl carbamates (subject to hydrolysis) is 2. The van der Waals surface area contributed by atoms with Crippen LogP contribution in [0.4, 0.5) is 18.4 Å². The number of nitrogens with zero attached hydrogens (tertiary/aromatic N) is 4. The van der Waals surface area contributed by atoms with E-state index in [-0.39, 0.29) is 58.3 Å². The molecule has 6 atom stereocenters. The quantitative estimate of drug-likeness (QED) is 0.109. The Morgan fingerprint density at radius 2 is 1.41 bits per heavy atom. The number of likely N-dealkylation sites (tertiary alicyclic amines) is 2. The Bertz CT molecular complexity index is 2660. The zero-order chi connectivity index (χ0) is 44.7. The molecule has 2 aromatic heterocycles. The highest BCUT2D eigenvalue weighted by molar-refractivity contribution is 5.89. The number of benzene rings is 3. The van der Waals surface area contributed by atoms with E-state index in [0.29, 0.717) is 63.8 Å². The van der Waals surface area contributed by atoms with E-state index < -0.39 is 30.2 Å². The van der Waals surface area contributed by atoms with Crippen molar-refractivity contribution in [2.45, 2.75) is 88.5 Å². The van der Waals surface area contributed by atoms with Gasteiger partial charge >= 0.3 is 12.2 Å². The number of hydrogen-bond acceptors (Lipinski definition) is 8. The summed E-state index contributed by atoms with van der Waals surface area (Å²) in [7, 11) is 2.52. The molecule has 3 aromatic carbocycles. The molecular weight excluding hydrogens is 823 g/mol. The van der Waals surface area contributed by atoms with Gasteiger partial charge in [0, 0.05) is 34.8 Å². The second-order valence-corrected chi connectivity index (χ2v) is 18.4. The van der Waals surface area contributed by atoms with Gasteiger partial charge in [0.2, 0.25) is 5.91 Å². The SMILES string of the molecule is COC(=O)N[C@H](C(=O)N1CC2(CC2)C[C@H]1c1ncc(-c2ccc3c(c2)C(F)(F)c2cc(-c4cnc([C@@H]5[C@H]6CC[C@H](C6)N5C(=O)[C@H](NC(=O)OC)c5ccccc5)[nH]4)ccc2-3)[nH]1)C(C)C. The van der Waals surface area contributed by atoms with Crippen LogP contribution in [0.25, 0.3) is 33.6 Å². The highest BCUT2D eigenvalue weighted by Crippen LogP contribution is 2.59. The average Bonchev–Trinajstić information content (AvgIpc) is 3.99. The number of aromatic nitrogens is 4. The molecule has 2 saturated carbocycles. The molecule has 0 radical (unpaired) electrons. The number of carbonyl (C=O) groups is 4. The van der Waals surface area contributed by atoms with Crippen molar-refractivity contribution in [3.63, 3.8) is 0 Å². The highest BCUT2D eigenvalue weighted by atomic mass is 19.3. The van der Waals surface area contributed by atoms with E-state index in [4.69, 9.17) is 14.5 Å². The minimum atomic E-state index is -3.32. The third-order valence-electron chi connectivity index (χ3n) is 14.2. The Morgan fingerprint density at radius 3 is 2.02 bits per heavy atom. The Hall–Kier alpha value is -6.58. The fourth-order valence-corrected chi connectivity index (χ4v) is 10.7. The molecule has 4 N–H and O–H groups in total. The normalized spacial score (nSPS) is 22.9. The molecule has 16 heteroatoms. The first-order valence-corrected chi connectivity index (χ1v) is 21.9. The number of rotatable bonds is 10. The first-order valence-electron chi connectivity index (χ1n) is 21.9. The van der Waals surface area contributed by atoms with Crippen molar-refractivity contribution in [3.8, 4) is 33.6 Å². The molecule has 5 aliphatic rings. The summed E-state index contributed by atoms with van der Waals surface area (Å²) in [5.74, 6) is -2.71. The number of fused-ring (bicyclic) bond motifs is 5. The minimum Gasteiger partial charge on any atom is -0.453 e. The maximum Gasteiger partial charge on any atom is 0.407 e. The van der Waals surface area contributed by atoms with E-state index >= 15 is 8.78 Å². The molecule has 2 bridgehead atoms. The standard InChI is InChI=1S/C48H50F2N8O6/c1-25(2)38(55-45(61)63-3)43(59)57-24-47(16-17-47)21-37(57)41-51-22-35(53-41)27-11-14-31-32-15-12-28(20-34(32)48(49,50)33(31)19-27)36-23-52-42(54-36)40-29-10-13-30(18-29)58(40)44(60)39(56-46(62)64-4)26-8-6-5-7-9-26/h5-9,11-12,14-15,19-20,22-23,25,29-30,37-40H,10,13,16-18,21,24H2,1-4H3,(H,51,53)(H,52,54)(H,55,61)(H,56,62)/t29-,30+,37-,38-,39+,40-/m0/s1. The number of aromatic amines is 2. The van der Waals surface area contributed by atoms with Crippen LogP contribution in [-0.2, 0) is 25.0 Å². The van der Waals surface area contributed by atoms with Crippen molar-refractivity contribution in [1.29, 1.82) is 0 Å². The van der Waals surface area contributed by atoms with E-state index in [1.807, 2.05) is 36.9 Å². The van der Waals surface area contributed by atoms with Crippen LogP contribution in [0.2, 0.25) is 0 Å². The average molecular weight is 873 g/mol. The lowest BCUT2D eigenvalue weighted by atomic mass is 9.96. The fourth-order valence-electron chi connectivity index (χ4n) is 10.7. The second-order valence-electron chi connectivity index (χ2n) is 18.4. The second kappa shape index (κ2) is 15.6. The van der Waals surface area contributed by atoms with Gasteiger partial charge in [0.05, 0.1) is 50.1 Å². The third-order valence-corrected chi connectivity index (χ3v) is 14.2. The minimum absolute atomic E-state index is 0.00426. The maximum absolute atomic E-state index is 16.7. The molecule has 2 saturated heterocycles. The monoisotopic (exact) mass is 872 g/mol. The number of carbonyl (C=O) groups excluding carboxylic acids is 4. The van der Waals surface area contributed by atoms with Crippen LogP contribution in [-0.4, -0.2) is 86.6 Å². The van der Waals surface area contributed by atoms with E-state index in [2.05, 4.69) is 25.6 Å². The molecule has 3 aliphatic carbocycles. The van der Waals surface area contributed by atoms with Gasteiger partial charge in [-0.2, -0.15) is 8.78 Å². The molecule has 0 unspecified atom stereocenters. The van der Waals surface area contributed by atoms with E-state index in [1.54, 1.807) is 53.7 Å². The zero-order valence-electron chi connectivity index (χ0n) is 36.0. The molecule has 4 heterocycles. The summed E-state index contributed by atoms with van der Waals surface area (Å²) in [4.78, 5) is 72.7. The number of piperidine rings is 1. The number of methoxy groups -OCH3 is 2. The number of H-pyrrole nitrogens is 2. The molecule has 10 rings (SSSR count). The van der Waals surface area contributed by atoms with E-state index in [9.17, 15) is 19.2 Å². The topological polar surface area (TPSA) is 175 Å². The van der Waals surface area contributed by atoms with Crippen LogP contribution >= 0.6 is 0 Å². The van der Waals surface area contributed by atoms with Gasteiger partial charge < -0.3 is 39.9 Å². The molecule has 5 aromatic rings. The fraction of sp³-hybridized carbons (Fsp3) is 0.417. The molecular formula is C48H50F2N8O6. The van der Waals surface area contributed by atoms with Crippen molar-refractivity contribution in [3.05, 3.63) is 107 Å². The molecule has 4 fully saturated rings. The predicted molar refractivity (Wildman–Crippen MR) is 230 cm³/mol. The van der Waals surface area contributed by atoms with Crippen LogP contribution in [0.1, 0.15) is 98.8 Å². The number of alkyl halides is 2. The van der Waals surface area contributed by atoms with Crippen molar-refractivity contribution < 1.29 is 37.4 Å². The smallest absolute Gasteiger partial charge is 0.407 e. The summed E-state index contributed by atoms with van der Waals surface area (Å²) >= 11 is 0. The summed E-state index contributed by atoms with van der Waals surface area (Å²) in [6.45, 7) is 4.29. The van der Waals surface area contributed by atoms with E-state index in [1.165, 1.54) is 26.4 Å². The number of halogens is 2. The summed E-state index contributed by atoms with van der Waals surface area (Å²) in [5, 5.41) is 5.42. The summed E-state index contributed by atoms with van der Waals surface area (Å²) < 4.78 is 43.0. The number of amides is 4. The summed E-state index contributed by atoms with van der Waals surface area (Å²) in [6, 6.07) is 16.6. The van der Waals surface area contributed by atoms with Crippen molar-refractivity contribution in [1.82, 2.24) is 40.4 Å². The van der Waals surface area contributed by atoms with Crippen molar-refractivity contribution in [2.75, 3.05) is 20.8 Å². The number of hydrogen-bond donors (Lipinski definition) is 4. The highest BCUT2D eigenvalue weighted by Gasteiger charge is 2.56. The van der Waals surface area contributed by atoms with E-state index in [0.717, 1.165) is 32.1 Å². The summed E-state index contributed by atoms with van der Waals surface area (Å²) in [6.07, 6.45) is 7.11. The Kier molecular flexibility index (Phi) is 10.1. The van der Waals surface area contributed by atoms with Gasteiger partial charge in [-0.15, -0.1) is 0 Å². The van der Waals surface area contributed by atoms with Crippen molar-refractivity contribution >= 4 is 24.0 Å². The summed E-state index contributed by atoms with van der Waals surface area (Å²) in [5.41, 5.74) is 3.43. The van der Waals surface area contributed by atoms with Crippen molar-refractivity contribution in [2.24, 2.45) is 17.3 Å². The largest absolute Gasteiger partial charge is 0.453 e. The zero-order valence-corrected chi connectivity index (χ0v) is 36.0. The Morgan fingerprint density at radius 1 is 0.797 bits per heavy atom. The Labute approximate surface area is 368 Å². The van der Waals surface area contributed by atoms with Gasteiger partial charge in [0.1, 0.15) is 23.7 Å². The maximum atomic E-state index is 16.7. The van der Waals surface area contributed by atoms with Gasteiger partial charge in [-0.25, -0.2) is 19.6 Å². The van der Waals surface area contributed by atoms with Crippen LogP contribution in [0.5, 0.6) is 0 Å². The number of imidazole rings is 2. The Balaban J connectivity index is 0.895. The van der Waals surface area contributed by atoms with Crippen LogP contribution in [0.15, 0.2) is 79.1 Å². The number of ether oxygens (including phenoxy) is 2. The number of nitrogens with one attached hydrogen (secondary N) is 4. The van der Waals surface area contributed by atoms with Gasteiger partial charge in [-0.05, 0) is 84.6 Å². The van der Waals surface area contributed by atoms with Gasteiger partial charge in [0.25, 0.3) is 11.8 Å². The molecule has 2 aliphatic heterocycles. The van der Waals surface area contributed by atoms with Crippen LogP contribution < -0.4 is 10.6 Å². The van der Waals surface area contributed by atoms with Crippen LogP contribution in [0.3, 0.4) is 0 Å². The van der Waals surface area contributed by atoms with Gasteiger partial charge in [0.15, 0.2) is 0 Å². The first kappa shape index (κ1) is 41.4. The molecule has 14 nitrogen and oxygen atoms in total. The molecule has 332 valence electrons.